The SMILES string of the molecule is CN1CC[C@@](O)(C#Cc2cccc(-c3nc(C(=O)O)c4sccc4n3)c2)C1=O. The molecule has 0 saturated carbocycles. The molecular weight excluding hydrogens is 378 g/mol. The standard InChI is InChI=1S/C20H15N3O4S/c1-23-9-8-20(27,19(23)26)7-5-12-3-2-4-13(11-12)17-21-14-6-10-28-16(14)15(22-17)18(24)25/h2-4,6,10-11,27H,8-9H2,1H3,(H,24,25)/t20-/m0/s1. The van der Waals surface area contributed by atoms with E-state index in [1.54, 1.807) is 42.8 Å². The average molecular weight is 393 g/mol. The van der Waals surface area contributed by atoms with Gasteiger partial charge in [0.25, 0.3) is 5.91 Å². The fourth-order valence-corrected chi connectivity index (χ4v) is 3.83. The van der Waals surface area contributed by atoms with Gasteiger partial charge in [0.15, 0.2) is 11.5 Å². The number of carbonyl (C=O) groups excluding carboxylic acids is 1. The minimum atomic E-state index is -1.67. The molecule has 28 heavy (non-hydrogen) atoms. The summed E-state index contributed by atoms with van der Waals surface area (Å²) in [4.78, 5) is 33.7. The van der Waals surface area contributed by atoms with E-state index in [9.17, 15) is 19.8 Å². The van der Waals surface area contributed by atoms with Gasteiger partial charge >= 0.3 is 5.97 Å². The maximum atomic E-state index is 12.0. The highest BCUT2D eigenvalue weighted by Gasteiger charge is 2.42. The summed E-state index contributed by atoms with van der Waals surface area (Å²) in [6.45, 7) is 0.455. The molecule has 4 rings (SSSR count). The maximum Gasteiger partial charge on any atom is 0.356 e. The van der Waals surface area contributed by atoms with Crippen molar-refractivity contribution in [2.24, 2.45) is 0 Å². The fourth-order valence-electron chi connectivity index (χ4n) is 3.02. The first-order valence-corrected chi connectivity index (χ1v) is 9.35. The number of aromatic nitrogens is 2. The van der Waals surface area contributed by atoms with Gasteiger partial charge in [-0.15, -0.1) is 11.3 Å². The van der Waals surface area contributed by atoms with Gasteiger partial charge in [-0.05, 0) is 23.6 Å². The van der Waals surface area contributed by atoms with Crippen LogP contribution >= 0.6 is 11.3 Å². The number of aromatic carboxylic acids is 1. The van der Waals surface area contributed by atoms with Crippen molar-refractivity contribution in [3.05, 3.63) is 47.0 Å². The van der Waals surface area contributed by atoms with Crippen LogP contribution in [0.2, 0.25) is 0 Å². The minimum absolute atomic E-state index is 0.0413. The Kier molecular flexibility index (Phi) is 4.34. The zero-order chi connectivity index (χ0) is 19.9. The minimum Gasteiger partial charge on any atom is -0.476 e. The van der Waals surface area contributed by atoms with Crippen LogP contribution in [0, 0.1) is 11.8 Å². The van der Waals surface area contributed by atoms with Gasteiger partial charge in [0, 0.05) is 31.1 Å². The van der Waals surface area contributed by atoms with Crippen LogP contribution in [0.15, 0.2) is 35.7 Å². The predicted molar refractivity (Wildman–Crippen MR) is 104 cm³/mol. The number of benzene rings is 1. The summed E-state index contributed by atoms with van der Waals surface area (Å²) < 4.78 is 0.526. The molecule has 3 heterocycles. The van der Waals surface area contributed by atoms with E-state index in [-0.39, 0.29) is 17.9 Å². The Morgan fingerprint density at radius 3 is 2.86 bits per heavy atom. The molecule has 1 aliphatic rings. The molecule has 1 fully saturated rings. The van der Waals surface area contributed by atoms with Gasteiger partial charge in [0.05, 0.1) is 10.2 Å². The number of carboxylic acid groups (broad SMARTS) is 1. The molecule has 1 atom stereocenters. The highest BCUT2D eigenvalue weighted by molar-refractivity contribution is 7.17. The van der Waals surface area contributed by atoms with Crippen molar-refractivity contribution in [3.8, 4) is 23.2 Å². The summed E-state index contributed by atoms with van der Waals surface area (Å²) in [6.07, 6.45) is 0.259. The molecule has 2 aromatic heterocycles. The Balaban J connectivity index is 1.73. The summed E-state index contributed by atoms with van der Waals surface area (Å²) in [5.41, 5.74) is 0.0226. The lowest BCUT2D eigenvalue weighted by Crippen LogP contribution is -2.37. The van der Waals surface area contributed by atoms with Gasteiger partial charge in [-0.2, -0.15) is 0 Å². The smallest absolute Gasteiger partial charge is 0.356 e. The number of nitrogens with zero attached hydrogens (tertiary/aromatic N) is 3. The van der Waals surface area contributed by atoms with Gasteiger partial charge in [-0.25, -0.2) is 14.8 Å². The van der Waals surface area contributed by atoms with E-state index >= 15 is 0 Å². The van der Waals surface area contributed by atoms with Crippen molar-refractivity contribution < 1.29 is 19.8 Å². The molecular formula is C20H15N3O4S. The highest BCUT2D eigenvalue weighted by Crippen LogP contribution is 2.26. The quantitative estimate of drug-likeness (QED) is 0.646. The molecule has 0 spiro atoms. The molecule has 0 aliphatic carbocycles. The normalized spacial score (nSPS) is 18.9. The number of fused-ring (bicyclic) bond motifs is 1. The van der Waals surface area contributed by atoms with E-state index in [1.807, 2.05) is 0 Å². The van der Waals surface area contributed by atoms with Gasteiger partial charge in [-0.3, -0.25) is 4.79 Å². The van der Waals surface area contributed by atoms with Gasteiger partial charge in [0.2, 0.25) is 5.60 Å². The van der Waals surface area contributed by atoms with Crippen molar-refractivity contribution in [1.82, 2.24) is 14.9 Å². The third-order valence-corrected chi connectivity index (χ3v) is 5.46. The third kappa shape index (κ3) is 3.11. The molecule has 1 saturated heterocycles. The molecule has 1 aliphatic heterocycles. The molecule has 3 aromatic rings. The van der Waals surface area contributed by atoms with E-state index in [2.05, 4.69) is 21.8 Å². The van der Waals surface area contributed by atoms with Crippen molar-refractivity contribution >= 4 is 33.4 Å². The molecule has 1 amide bonds. The van der Waals surface area contributed by atoms with Crippen LogP contribution in [0.5, 0.6) is 0 Å². The van der Waals surface area contributed by atoms with Gasteiger partial charge < -0.3 is 15.1 Å². The molecule has 8 heteroatoms. The van der Waals surface area contributed by atoms with Crippen LogP contribution in [-0.4, -0.2) is 56.2 Å². The Hall–Kier alpha value is -3.28. The maximum absolute atomic E-state index is 12.0. The predicted octanol–water partition coefficient (Wildman–Crippen LogP) is 2.00. The number of likely N-dealkylation sites (N-methyl/N-ethyl adjacent to an activating group) is 1. The first kappa shape index (κ1) is 18.1. The van der Waals surface area contributed by atoms with Crippen LogP contribution in [0.4, 0.5) is 0 Å². The number of aliphatic hydroxyl groups is 1. The lowest BCUT2D eigenvalue weighted by Gasteiger charge is -2.13. The lowest BCUT2D eigenvalue weighted by atomic mass is 10.0. The second kappa shape index (κ2) is 6.71. The second-order valence-electron chi connectivity index (χ2n) is 6.50. The molecule has 7 nitrogen and oxygen atoms in total. The Bertz CT molecular complexity index is 1180. The molecule has 140 valence electrons. The van der Waals surface area contributed by atoms with Crippen LogP contribution in [0.3, 0.4) is 0 Å². The van der Waals surface area contributed by atoms with Crippen molar-refractivity contribution in [1.29, 1.82) is 0 Å². The zero-order valence-electron chi connectivity index (χ0n) is 14.8. The summed E-state index contributed by atoms with van der Waals surface area (Å²) in [7, 11) is 1.63. The van der Waals surface area contributed by atoms with Crippen LogP contribution in [0.25, 0.3) is 21.6 Å². The third-order valence-electron chi connectivity index (χ3n) is 4.55. The number of likely N-dealkylation sites (tertiary alicyclic amines) is 1. The summed E-state index contributed by atoms with van der Waals surface area (Å²) >= 11 is 1.28. The summed E-state index contributed by atoms with van der Waals surface area (Å²) in [6, 6.07) is 8.70. The van der Waals surface area contributed by atoms with Crippen LogP contribution in [-0.2, 0) is 4.79 Å². The molecule has 2 N–H and O–H groups in total. The van der Waals surface area contributed by atoms with E-state index in [0.29, 0.717) is 27.9 Å². The summed E-state index contributed by atoms with van der Waals surface area (Å²) in [5, 5.41) is 21.6. The number of carboxylic acids is 1. The Morgan fingerprint density at radius 1 is 1.32 bits per heavy atom. The largest absolute Gasteiger partial charge is 0.476 e. The van der Waals surface area contributed by atoms with Crippen LogP contribution < -0.4 is 0 Å². The van der Waals surface area contributed by atoms with E-state index in [1.165, 1.54) is 16.2 Å². The Morgan fingerprint density at radius 2 is 2.14 bits per heavy atom. The number of hydrogen-bond acceptors (Lipinski definition) is 6. The van der Waals surface area contributed by atoms with E-state index in [4.69, 9.17) is 0 Å². The Labute approximate surface area is 164 Å². The number of carbonyl (C=O) groups is 2. The van der Waals surface area contributed by atoms with Gasteiger partial charge in [0.1, 0.15) is 0 Å². The number of rotatable bonds is 2. The van der Waals surface area contributed by atoms with Crippen LogP contribution in [0.1, 0.15) is 22.5 Å². The van der Waals surface area contributed by atoms with Crippen molar-refractivity contribution in [2.45, 2.75) is 12.0 Å². The zero-order valence-corrected chi connectivity index (χ0v) is 15.7. The fraction of sp³-hybridized carbons (Fsp3) is 0.200. The average Bonchev–Trinajstić information content (AvgIpc) is 3.26. The van der Waals surface area contributed by atoms with Crippen molar-refractivity contribution in [2.75, 3.05) is 13.6 Å². The van der Waals surface area contributed by atoms with Crippen molar-refractivity contribution in [3.63, 3.8) is 0 Å². The van der Waals surface area contributed by atoms with E-state index in [0.717, 1.165) is 0 Å². The number of hydrogen-bond donors (Lipinski definition) is 2. The number of thiophene rings is 1. The molecule has 0 unspecified atom stereocenters. The molecule has 0 radical (unpaired) electrons. The molecule has 1 aromatic carbocycles. The van der Waals surface area contributed by atoms with E-state index < -0.39 is 17.5 Å². The number of amides is 1. The lowest BCUT2D eigenvalue weighted by molar-refractivity contribution is -0.137. The monoisotopic (exact) mass is 393 g/mol. The first-order valence-electron chi connectivity index (χ1n) is 8.47. The summed E-state index contributed by atoms with van der Waals surface area (Å²) in [5.74, 6) is 4.27. The second-order valence-corrected chi connectivity index (χ2v) is 7.42. The topological polar surface area (TPSA) is 104 Å². The molecule has 0 bridgehead atoms. The highest BCUT2D eigenvalue weighted by atomic mass is 32.1. The van der Waals surface area contributed by atoms with Gasteiger partial charge in [-0.1, -0.05) is 24.0 Å². The first-order chi connectivity index (χ1) is 13.4.